The maximum absolute atomic E-state index is 12.3. The molecule has 0 aromatic heterocycles. The molecule has 3 aliphatic carbocycles. The molecule has 0 aliphatic heterocycles. The van der Waals surface area contributed by atoms with Gasteiger partial charge in [0.05, 0.1) is 0 Å². The molecular formula is C18H21NO4. The molecule has 2 fully saturated rings. The van der Waals surface area contributed by atoms with Gasteiger partial charge in [0.25, 0.3) is 5.09 Å². The van der Waals surface area contributed by atoms with Crippen molar-refractivity contribution in [3.05, 3.63) is 39.4 Å². The molecule has 0 radical (unpaired) electrons. The number of ketones is 1. The lowest BCUT2D eigenvalue weighted by atomic mass is 9.55. The molecule has 4 rings (SSSR count). The predicted molar refractivity (Wildman–Crippen MR) is 83.7 cm³/mol. The van der Waals surface area contributed by atoms with E-state index >= 15 is 0 Å². The second-order valence-corrected chi connectivity index (χ2v) is 7.51. The maximum atomic E-state index is 12.3. The van der Waals surface area contributed by atoms with Crippen LogP contribution >= 0.6 is 0 Å². The van der Waals surface area contributed by atoms with Gasteiger partial charge in [-0.15, -0.1) is 10.1 Å². The van der Waals surface area contributed by atoms with Crippen molar-refractivity contribution in [2.45, 2.75) is 51.4 Å². The summed E-state index contributed by atoms with van der Waals surface area (Å²) in [6, 6.07) is 5.53. The molecule has 5 heteroatoms. The van der Waals surface area contributed by atoms with E-state index in [9.17, 15) is 14.9 Å². The maximum Gasteiger partial charge on any atom is 0.299 e. The summed E-state index contributed by atoms with van der Waals surface area (Å²) >= 11 is 0. The van der Waals surface area contributed by atoms with Crippen molar-refractivity contribution in [3.63, 3.8) is 0 Å². The highest BCUT2D eigenvalue weighted by Gasteiger charge is 2.54. The van der Waals surface area contributed by atoms with E-state index in [-0.39, 0.29) is 5.41 Å². The summed E-state index contributed by atoms with van der Waals surface area (Å²) in [6.07, 6.45) is 5.80. The normalized spacial score (nSPS) is 35.2. The molecule has 1 aromatic carbocycles. The largest absolute Gasteiger partial charge is 0.299 e. The summed E-state index contributed by atoms with van der Waals surface area (Å²) in [7, 11) is 0. The van der Waals surface area contributed by atoms with E-state index in [4.69, 9.17) is 0 Å². The topological polar surface area (TPSA) is 69.4 Å². The van der Waals surface area contributed by atoms with Gasteiger partial charge in [-0.05, 0) is 73.1 Å². The minimum Gasteiger partial charge on any atom is -0.299 e. The molecule has 122 valence electrons. The Morgan fingerprint density at radius 3 is 2.87 bits per heavy atom. The number of rotatable bonds is 2. The van der Waals surface area contributed by atoms with Crippen molar-refractivity contribution >= 4 is 5.78 Å². The summed E-state index contributed by atoms with van der Waals surface area (Å²) < 4.78 is 0. The van der Waals surface area contributed by atoms with Gasteiger partial charge in [0.2, 0.25) is 0 Å². The smallest absolute Gasteiger partial charge is 0.299 e. The van der Waals surface area contributed by atoms with Gasteiger partial charge in [0.15, 0.2) is 0 Å². The number of carbonyl (C=O) groups excluding carboxylic acids is 1. The zero-order valence-corrected chi connectivity index (χ0v) is 13.3. The lowest BCUT2D eigenvalue weighted by Gasteiger charge is -2.48. The van der Waals surface area contributed by atoms with Crippen LogP contribution in [0.4, 0.5) is 0 Å². The van der Waals surface area contributed by atoms with Crippen LogP contribution in [0.3, 0.4) is 0 Å². The van der Waals surface area contributed by atoms with Crippen LogP contribution < -0.4 is 4.84 Å². The van der Waals surface area contributed by atoms with Crippen LogP contribution in [0.25, 0.3) is 0 Å². The zero-order chi connectivity index (χ0) is 16.2. The number of fused-ring (bicyclic) bond motifs is 5. The van der Waals surface area contributed by atoms with E-state index in [1.165, 1.54) is 11.1 Å². The third-order valence-electron chi connectivity index (χ3n) is 6.59. The second-order valence-electron chi connectivity index (χ2n) is 7.51. The van der Waals surface area contributed by atoms with E-state index in [2.05, 4.69) is 11.8 Å². The van der Waals surface area contributed by atoms with Crippen LogP contribution in [0.1, 0.15) is 56.1 Å². The van der Waals surface area contributed by atoms with Crippen LogP contribution in [0.5, 0.6) is 5.75 Å². The fourth-order valence-electron chi connectivity index (χ4n) is 5.47. The van der Waals surface area contributed by atoms with Crippen molar-refractivity contribution in [3.8, 4) is 5.75 Å². The molecule has 2 saturated carbocycles. The molecular weight excluding hydrogens is 294 g/mol. The van der Waals surface area contributed by atoms with Crippen LogP contribution in [0.2, 0.25) is 0 Å². The summed E-state index contributed by atoms with van der Waals surface area (Å²) in [5, 5.41) is 9.75. The minimum atomic E-state index is -0.760. The number of hydrogen-bond acceptors (Lipinski definition) is 4. The van der Waals surface area contributed by atoms with Gasteiger partial charge in [-0.1, -0.05) is 13.0 Å². The molecule has 5 nitrogen and oxygen atoms in total. The third kappa shape index (κ3) is 2.17. The molecule has 0 bridgehead atoms. The molecule has 3 aliphatic rings. The summed E-state index contributed by atoms with van der Waals surface area (Å²) in [6.45, 7) is 2.17. The van der Waals surface area contributed by atoms with Crippen LogP contribution in [0, 0.1) is 27.4 Å². The number of Topliss-reactive ketones (excluding diaryl/α,β-unsaturated/α-hetero) is 1. The fourth-order valence-corrected chi connectivity index (χ4v) is 5.47. The Morgan fingerprint density at radius 2 is 2.09 bits per heavy atom. The number of nitrogens with zero attached hydrogens (tertiary/aromatic N) is 1. The van der Waals surface area contributed by atoms with Gasteiger partial charge in [-0.3, -0.25) is 9.63 Å². The van der Waals surface area contributed by atoms with Crippen LogP contribution in [-0.2, 0) is 11.2 Å². The molecule has 0 unspecified atom stereocenters. The molecule has 23 heavy (non-hydrogen) atoms. The summed E-state index contributed by atoms with van der Waals surface area (Å²) in [5.41, 5.74) is 2.39. The zero-order valence-electron chi connectivity index (χ0n) is 13.3. The first-order chi connectivity index (χ1) is 11.0. The molecule has 1 aromatic rings. The first-order valence-corrected chi connectivity index (χ1v) is 8.47. The highest BCUT2D eigenvalue weighted by Crippen LogP contribution is 2.59. The molecule has 4 atom stereocenters. The molecule has 0 amide bonds. The van der Waals surface area contributed by atoms with Crippen molar-refractivity contribution < 1.29 is 14.7 Å². The van der Waals surface area contributed by atoms with E-state index in [1.54, 1.807) is 6.07 Å². The standard InChI is InChI=1S/C18H21NO4/c1-18-9-8-14-13-5-3-12(23-19(21)22)10-11(13)2-4-15(14)16(18)6-7-17(18)20/h3,5,10,14-16H,2,4,6-9H2,1H3/t14-,15-,16+,18+/m1/s1. The van der Waals surface area contributed by atoms with Crippen molar-refractivity contribution in [1.82, 2.24) is 0 Å². The van der Waals surface area contributed by atoms with Gasteiger partial charge in [-0.25, -0.2) is 0 Å². The molecule has 0 spiro atoms. The molecule has 0 saturated heterocycles. The summed E-state index contributed by atoms with van der Waals surface area (Å²) in [5.74, 6) is 2.35. The second kappa shape index (κ2) is 5.05. The van der Waals surface area contributed by atoms with Crippen molar-refractivity contribution in [1.29, 1.82) is 0 Å². The van der Waals surface area contributed by atoms with Gasteiger partial charge in [-0.2, -0.15) is 0 Å². The quantitative estimate of drug-likeness (QED) is 0.616. The number of carbonyl (C=O) groups is 1. The van der Waals surface area contributed by atoms with Gasteiger partial charge >= 0.3 is 0 Å². The van der Waals surface area contributed by atoms with Crippen molar-refractivity contribution in [2.24, 2.45) is 17.3 Å². The predicted octanol–water partition coefficient (Wildman–Crippen LogP) is 3.68. The third-order valence-corrected chi connectivity index (χ3v) is 6.59. The average molecular weight is 315 g/mol. The SMILES string of the molecule is C[C@]12CC[C@@H]3c4ccc(O[N+](=O)[O-])cc4CC[C@H]3[C@@H]1CCC2=O. The first kappa shape index (κ1) is 14.7. The lowest BCUT2D eigenvalue weighted by molar-refractivity contribution is -0.711. The average Bonchev–Trinajstić information content (AvgIpc) is 2.82. The van der Waals surface area contributed by atoms with Crippen molar-refractivity contribution in [2.75, 3.05) is 0 Å². The Bertz CT molecular complexity index is 686. The van der Waals surface area contributed by atoms with Gasteiger partial charge in [0, 0.05) is 11.8 Å². The summed E-state index contributed by atoms with van der Waals surface area (Å²) in [4.78, 5) is 27.4. The Morgan fingerprint density at radius 1 is 1.26 bits per heavy atom. The Hall–Kier alpha value is -1.91. The minimum absolute atomic E-state index is 0.104. The lowest BCUT2D eigenvalue weighted by Crippen LogP contribution is -2.42. The van der Waals surface area contributed by atoms with E-state index in [0.717, 1.165) is 38.5 Å². The Kier molecular flexibility index (Phi) is 3.22. The number of hydrogen-bond donors (Lipinski definition) is 0. The van der Waals surface area contributed by atoms with Gasteiger partial charge < -0.3 is 0 Å². The van der Waals surface area contributed by atoms with E-state index in [1.807, 2.05) is 12.1 Å². The first-order valence-electron chi connectivity index (χ1n) is 8.47. The number of aryl methyl sites for hydroxylation is 1. The highest BCUT2D eigenvalue weighted by atomic mass is 17.0. The van der Waals surface area contributed by atoms with Crippen LogP contribution in [0.15, 0.2) is 18.2 Å². The molecule has 0 N–H and O–H groups in total. The van der Waals surface area contributed by atoms with E-state index in [0.29, 0.717) is 29.3 Å². The monoisotopic (exact) mass is 315 g/mol. The highest BCUT2D eigenvalue weighted by molar-refractivity contribution is 5.87. The molecule has 0 heterocycles. The Balaban J connectivity index is 1.65. The van der Waals surface area contributed by atoms with Gasteiger partial charge in [0.1, 0.15) is 11.5 Å². The van der Waals surface area contributed by atoms with E-state index < -0.39 is 5.09 Å². The fraction of sp³-hybridized carbons (Fsp3) is 0.611. The van der Waals surface area contributed by atoms with Crippen LogP contribution in [-0.4, -0.2) is 10.9 Å². The Labute approximate surface area is 135 Å². The number of benzene rings is 1.